The molecule has 6 heteroatoms. The lowest BCUT2D eigenvalue weighted by molar-refractivity contribution is -0.139. The lowest BCUT2D eigenvalue weighted by Gasteiger charge is -2.12. The first-order valence-electron chi connectivity index (χ1n) is 6.04. The highest BCUT2D eigenvalue weighted by Crippen LogP contribution is 2.37. The third-order valence-electron chi connectivity index (χ3n) is 3.03. The van der Waals surface area contributed by atoms with Gasteiger partial charge in [-0.1, -0.05) is 30.3 Å². The number of hydrogen-bond donors (Lipinski definition) is 0. The van der Waals surface area contributed by atoms with Crippen molar-refractivity contribution in [1.82, 2.24) is 9.97 Å². The Hall–Kier alpha value is -2.50. The molecule has 21 heavy (non-hydrogen) atoms. The van der Waals surface area contributed by atoms with E-state index in [0.29, 0.717) is 10.9 Å². The van der Waals surface area contributed by atoms with Crippen molar-refractivity contribution in [3.05, 3.63) is 60.0 Å². The lowest BCUT2D eigenvalue weighted by atomic mass is 10.1. The molecule has 0 atom stereocenters. The van der Waals surface area contributed by atoms with Crippen LogP contribution in [0.5, 0.6) is 0 Å². The van der Waals surface area contributed by atoms with Gasteiger partial charge in [0.2, 0.25) is 0 Å². The van der Waals surface area contributed by atoms with E-state index in [1.165, 1.54) is 12.3 Å². The van der Waals surface area contributed by atoms with E-state index >= 15 is 0 Å². The van der Waals surface area contributed by atoms with E-state index in [4.69, 9.17) is 0 Å². The molecule has 0 spiro atoms. The molecule has 0 fully saturated rings. The Morgan fingerprint density at radius 1 is 0.905 bits per heavy atom. The molecule has 1 aromatic heterocycles. The second-order valence-corrected chi connectivity index (χ2v) is 4.41. The van der Waals surface area contributed by atoms with Crippen LogP contribution in [-0.4, -0.2) is 9.97 Å². The molecule has 3 aromatic rings. The molecule has 0 unspecified atom stereocenters. The first-order chi connectivity index (χ1) is 9.97. The minimum absolute atomic E-state index is 0.152. The van der Waals surface area contributed by atoms with Crippen molar-refractivity contribution in [3.8, 4) is 11.4 Å². The van der Waals surface area contributed by atoms with Crippen molar-refractivity contribution in [2.24, 2.45) is 0 Å². The summed E-state index contributed by atoms with van der Waals surface area (Å²) in [5.41, 5.74) is -1.21. The number of halogens is 4. The summed E-state index contributed by atoms with van der Waals surface area (Å²) in [5.74, 6) is -1.49. The second kappa shape index (κ2) is 4.80. The SMILES string of the molecule is Fc1cccc(-c2ncc3ccccc3n2)c1C(F)(F)F. The normalized spacial score (nSPS) is 11.8. The molecule has 0 bridgehead atoms. The Morgan fingerprint density at radius 3 is 2.43 bits per heavy atom. The van der Waals surface area contributed by atoms with Crippen LogP contribution in [0.2, 0.25) is 0 Å². The molecule has 0 aliphatic carbocycles. The zero-order valence-electron chi connectivity index (χ0n) is 10.5. The van der Waals surface area contributed by atoms with Gasteiger partial charge < -0.3 is 0 Å². The van der Waals surface area contributed by atoms with Gasteiger partial charge in [-0.3, -0.25) is 0 Å². The summed E-state index contributed by atoms with van der Waals surface area (Å²) in [6.07, 6.45) is -3.39. The van der Waals surface area contributed by atoms with E-state index in [-0.39, 0.29) is 11.4 Å². The van der Waals surface area contributed by atoms with Gasteiger partial charge in [-0.05, 0) is 12.1 Å². The van der Waals surface area contributed by atoms with Crippen molar-refractivity contribution in [2.45, 2.75) is 6.18 Å². The van der Waals surface area contributed by atoms with E-state index in [0.717, 1.165) is 12.1 Å². The first-order valence-corrected chi connectivity index (χ1v) is 6.04. The summed E-state index contributed by atoms with van der Waals surface area (Å²) in [5, 5.41) is 0.700. The zero-order valence-corrected chi connectivity index (χ0v) is 10.5. The molecule has 0 N–H and O–H groups in total. The molecule has 0 amide bonds. The Morgan fingerprint density at radius 2 is 1.67 bits per heavy atom. The van der Waals surface area contributed by atoms with Crippen LogP contribution in [0.1, 0.15) is 5.56 Å². The Labute approximate surface area is 117 Å². The number of fused-ring (bicyclic) bond motifs is 1. The van der Waals surface area contributed by atoms with Crippen LogP contribution < -0.4 is 0 Å². The second-order valence-electron chi connectivity index (χ2n) is 4.41. The predicted molar refractivity (Wildman–Crippen MR) is 69.9 cm³/mol. The fourth-order valence-electron chi connectivity index (χ4n) is 2.10. The van der Waals surface area contributed by atoms with Crippen molar-refractivity contribution >= 4 is 10.9 Å². The molecule has 106 valence electrons. The minimum atomic E-state index is -4.81. The van der Waals surface area contributed by atoms with Crippen molar-refractivity contribution < 1.29 is 17.6 Å². The van der Waals surface area contributed by atoms with Gasteiger partial charge in [-0.2, -0.15) is 13.2 Å². The number of benzene rings is 2. The van der Waals surface area contributed by atoms with Crippen LogP contribution >= 0.6 is 0 Å². The number of hydrogen-bond acceptors (Lipinski definition) is 2. The number of para-hydroxylation sites is 1. The largest absolute Gasteiger partial charge is 0.419 e. The number of aromatic nitrogens is 2. The highest BCUT2D eigenvalue weighted by atomic mass is 19.4. The maximum Gasteiger partial charge on any atom is 0.419 e. The van der Waals surface area contributed by atoms with Crippen molar-refractivity contribution in [3.63, 3.8) is 0 Å². The van der Waals surface area contributed by atoms with Gasteiger partial charge in [0.25, 0.3) is 0 Å². The fourth-order valence-corrected chi connectivity index (χ4v) is 2.10. The summed E-state index contributed by atoms with van der Waals surface area (Å²) in [4.78, 5) is 8.00. The average molecular weight is 292 g/mol. The first kappa shape index (κ1) is 13.5. The Kier molecular flexibility index (Phi) is 3.08. The van der Waals surface area contributed by atoms with Crippen LogP contribution in [-0.2, 0) is 6.18 Å². The van der Waals surface area contributed by atoms with Crippen LogP contribution in [0, 0.1) is 5.82 Å². The van der Waals surface area contributed by atoms with Gasteiger partial charge in [-0.25, -0.2) is 14.4 Å². The monoisotopic (exact) mass is 292 g/mol. The lowest BCUT2D eigenvalue weighted by Crippen LogP contribution is -2.11. The van der Waals surface area contributed by atoms with Gasteiger partial charge in [0.15, 0.2) is 5.82 Å². The maximum absolute atomic E-state index is 13.6. The highest BCUT2D eigenvalue weighted by molar-refractivity contribution is 5.79. The van der Waals surface area contributed by atoms with Crippen molar-refractivity contribution in [1.29, 1.82) is 0 Å². The molecule has 0 saturated carbocycles. The predicted octanol–water partition coefficient (Wildman–Crippen LogP) is 4.45. The third-order valence-corrected chi connectivity index (χ3v) is 3.03. The van der Waals surface area contributed by atoms with Gasteiger partial charge >= 0.3 is 6.18 Å². The molecular weight excluding hydrogens is 284 g/mol. The van der Waals surface area contributed by atoms with Gasteiger partial charge in [0.1, 0.15) is 11.4 Å². The Balaban J connectivity index is 2.25. The average Bonchev–Trinajstić information content (AvgIpc) is 2.45. The molecular formula is C15H8F4N2. The number of nitrogens with zero attached hydrogens (tertiary/aromatic N) is 2. The number of rotatable bonds is 1. The third kappa shape index (κ3) is 2.44. The van der Waals surface area contributed by atoms with Crippen LogP contribution in [0.15, 0.2) is 48.7 Å². The highest BCUT2D eigenvalue weighted by Gasteiger charge is 2.37. The zero-order chi connectivity index (χ0) is 15.0. The van der Waals surface area contributed by atoms with Gasteiger partial charge in [-0.15, -0.1) is 0 Å². The Bertz CT molecular complexity index is 812. The summed E-state index contributed by atoms with van der Waals surface area (Å²) < 4.78 is 52.6. The van der Waals surface area contributed by atoms with Gasteiger partial charge in [0.05, 0.1) is 5.52 Å². The molecule has 2 aromatic carbocycles. The summed E-state index contributed by atoms with van der Waals surface area (Å²) in [6, 6.07) is 10.0. The standard InChI is InChI=1S/C15H8F4N2/c16-11-6-3-5-10(13(11)15(17,18)19)14-20-8-9-4-1-2-7-12(9)21-14/h1-8H. The van der Waals surface area contributed by atoms with Gasteiger partial charge in [0, 0.05) is 17.1 Å². The quantitative estimate of drug-likeness (QED) is 0.619. The molecule has 0 radical (unpaired) electrons. The smallest absolute Gasteiger partial charge is 0.236 e. The van der Waals surface area contributed by atoms with E-state index in [1.807, 2.05) is 0 Å². The summed E-state index contributed by atoms with van der Waals surface area (Å²) in [7, 11) is 0. The summed E-state index contributed by atoms with van der Waals surface area (Å²) in [6.45, 7) is 0. The van der Waals surface area contributed by atoms with Crippen LogP contribution in [0.4, 0.5) is 17.6 Å². The van der Waals surface area contributed by atoms with E-state index in [9.17, 15) is 17.6 Å². The van der Waals surface area contributed by atoms with Crippen LogP contribution in [0.25, 0.3) is 22.3 Å². The number of alkyl halides is 3. The van der Waals surface area contributed by atoms with E-state index in [2.05, 4.69) is 9.97 Å². The fraction of sp³-hybridized carbons (Fsp3) is 0.0667. The molecule has 3 rings (SSSR count). The molecule has 0 aliphatic heterocycles. The summed E-state index contributed by atoms with van der Waals surface area (Å²) >= 11 is 0. The van der Waals surface area contributed by atoms with Crippen molar-refractivity contribution in [2.75, 3.05) is 0 Å². The maximum atomic E-state index is 13.6. The molecule has 0 aliphatic rings. The molecule has 0 saturated heterocycles. The van der Waals surface area contributed by atoms with Crippen LogP contribution in [0.3, 0.4) is 0 Å². The van der Waals surface area contributed by atoms with E-state index < -0.39 is 17.6 Å². The minimum Gasteiger partial charge on any atom is -0.236 e. The molecule has 1 heterocycles. The topological polar surface area (TPSA) is 25.8 Å². The van der Waals surface area contributed by atoms with E-state index in [1.54, 1.807) is 24.3 Å². The molecule has 2 nitrogen and oxygen atoms in total.